The first-order chi connectivity index (χ1) is 7.05. The molecule has 0 aromatic heterocycles. The van der Waals surface area contributed by atoms with Crippen LogP contribution in [0.15, 0.2) is 0 Å². The fourth-order valence-corrected chi connectivity index (χ4v) is 2.77. The van der Waals surface area contributed by atoms with Gasteiger partial charge in [-0.15, -0.1) is 0 Å². The first-order valence-corrected chi connectivity index (χ1v) is 5.36. The van der Waals surface area contributed by atoms with Crippen LogP contribution in [0.4, 0.5) is 0 Å². The summed E-state index contributed by atoms with van der Waals surface area (Å²) in [6, 6.07) is 0. The SMILES string of the molecule is O=C1CCC2(CCC(C(=O)O)CC2)C1=O. The Morgan fingerprint density at radius 3 is 2.20 bits per heavy atom. The van der Waals surface area contributed by atoms with Crippen LogP contribution in [0.5, 0.6) is 0 Å². The maximum atomic E-state index is 11.7. The number of carboxylic acids is 1. The number of hydrogen-bond donors (Lipinski definition) is 1. The molecule has 0 saturated heterocycles. The van der Waals surface area contributed by atoms with Crippen molar-refractivity contribution in [2.75, 3.05) is 0 Å². The zero-order valence-corrected chi connectivity index (χ0v) is 8.49. The highest BCUT2D eigenvalue weighted by atomic mass is 16.4. The lowest BCUT2D eigenvalue weighted by molar-refractivity contribution is -0.146. The molecule has 82 valence electrons. The summed E-state index contributed by atoms with van der Waals surface area (Å²) in [5.41, 5.74) is -0.483. The van der Waals surface area contributed by atoms with E-state index in [1.165, 1.54) is 0 Å². The molecule has 1 spiro atoms. The van der Waals surface area contributed by atoms with Crippen molar-refractivity contribution >= 4 is 17.5 Å². The van der Waals surface area contributed by atoms with Gasteiger partial charge in [-0.3, -0.25) is 14.4 Å². The number of carboxylic acid groups (broad SMARTS) is 1. The number of aliphatic carboxylic acids is 1. The van der Waals surface area contributed by atoms with Crippen LogP contribution in [-0.2, 0) is 14.4 Å². The minimum atomic E-state index is -0.776. The second-order valence-electron chi connectivity index (χ2n) is 4.65. The number of hydrogen-bond acceptors (Lipinski definition) is 3. The van der Waals surface area contributed by atoms with Crippen LogP contribution in [0.25, 0.3) is 0 Å². The van der Waals surface area contributed by atoms with Gasteiger partial charge >= 0.3 is 5.97 Å². The Balaban J connectivity index is 2.07. The summed E-state index contributed by atoms with van der Waals surface area (Å²) in [7, 11) is 0. The van der Waals surface area contributed by atoms with Gasteiger partial charge in [0.05, 0.1) is 5.92 Å². The van der Waals surface area contributed by atoms with Crippen molar-refractivity contribution in [3.63, 3.8) is 0 Å². The van der Waals surface area contributed by atoms with E-state index in [4.69, 9.17) is 5.11 Å². The minimum Gasteiger partial charge on any atom is -0.481 e. The third kappa shape index (κ3) is 1.58. The van der Waals surface area contributed by atoms with E-state index < -0.39 is 11.4 Å². The van der Waals surface area contributed by atoms with Crippen molar-refractivity contribution in [1.29, 1.82) is 0 Å². The van der Waals surface area contributed by atoms with Gasteiger partial charge in [-0.1, -0.05) is 0 Å². The summed E-state index contributed by atoms with van der Waals surface area (Å²) in [5.74, 6) is -1.60. The molecule has 2 fully saturated rings. The first-order valence-electron chi connectivity index (χ1n) is 5.36. The van der Waals surface area contributed by atoms with Crippen LogP contribution < -0.4 is 0 Å². The average Bonchev–Trinajstić information content (AvgIpc) is 2.48. The molecule has 0 heterocycles. The topological polar surface area (TPSA) is 71.4 Å². The van der Waals surface area contributed by atoms with E-state index in [2.05, 4.69) is 0 Å². The van der Waals surface area contributed by atoms with E-state index in [0.29, 0.717) is 38.5 Å². The third-order valence-corrected chi connectivity index (χ3v) is 3.86. The molecule has 2 aliphatic carbocycles. The van der Waals surface area contributed by atoms with Crippen molar-refractivity contribution in [1.82, 2.24) is 0 Å². The monoisotopic (exact) mass is 210 g/mol. The van der Waals surface area contributed by atoms with Crippen molar-refractivity contribution in [2.45, 2.75) is 38.5 Å². The molecule has 0 amide bonds. The molecule has 0 aliphatic heterocycles. The zero-order chi connectivity index (χ0) is 11.1. The van der Waals surface area contributed by atoms with E-state index in [9.17, 15) is 14.4 Å². The Labute approximate surface area is 87.7 Å². The summed E-state index contributed by atoms with van der Waals surface area (Å²) in [4.78, 5) is 33.6. The molecular weight excluding hydrogens is 196 g/mol. The highest BCUT2D eigenvalue weighted by Gasteiger charge is 2.49. The minimum absolute atomic E-state index is 0.244. The Bertz CT molecular complexity index is 323. The van der Waals surface area contributed by atoms with Crippen molar-refractivity contribution in [3.8, 4) is 0 Å². The highest BCUT2D eigenvalue weighted by Crippen LogP contribution is 2.46. The standard InChI is InChI=1S/C11H14O4/c12-8-3-6-11(9(8)13)4-1-7(2-5-11)10(14)15/h7H,1-6H2,(H,14,15). The molecule has 2 rings (SSSR count). The van der Waals surface area contributed by atoms with E-state index in [1.54, 1.807) is 0 Å². The first kappa shape index (κ1) is 10.3. The molecule has 2 aliphatic rings. The number of rotatable bonds is 1. The fourth-order valence-electron chi connectivity index (χ4n) is 2.77. The van der Waals surface area contributed by atoms with E-state index in [-0.39, 0.29) is 17.5 Å². The Hall–Kier alpha value is -1.19. The molecule has 2 saturated carbocycles. The van der Waals surface area contributed by atoms with Gasteiger partial charge in [0.1, 0.15) is 0 Å². The maximum Gasteiger partial charge on any atom is 0.306 e. The molecule has 4 nitrogen and oxygen atoms in total. The predicted octanol–water partition coefficient (Wildman–Crippen LogP) is 1.18. The molecule has 0 aromatic rings. The predicted molar refractivity (Wildman–Crippen MR) is 51.3 cm³/mol. The summed E-state index contributed by atoms with van der Waals surface area (Å²) in [6.07, 6.45) is 3.22. The molecule has 0 bridgehead atoms. The van der Waals surface area contributed by atoms with Crippen molar-refractivity contribution in [2.24, 2.45) is 11.3 Å². The molecule has 0 unspecified atom stereocenters. The van der Waals surface area contributed by atoms with Gasteiger partial charge in [-0.2, -0.15) is 0 Å². The van der Waals surface area contributed by atoms with Gasteiger partial charge in [-0.05, 0) is 32.1 Å². The normalized spacial score (nSPS) is 36.1. The largest absolute Gasteiger partial charge is 0.481 e. The molecular formula is C11H14O4. The molecule has 4 heteroatoms. The van der Waals surface area contributed by atoms with E-state index in [0.717, 1.165) is 0 Å². The number of carbonyl (C=O) groups excluding carboxylic acids is 2. The lowest BCUT2D eigenvalue weighted by Crippen LogP contribution is -2.35. The van der Waals surface area contributed by atoms with Gasteiger partial charge in [0, 0.05) is 11.8 Å². The molecule has 0 radical (unpaired) electrons. The Morgan fingerprint density at radius 2 is 1.80 bits per heavy atom. The summed E-state index contributed by atoms with van der Waals surface area (Å²) in [6.45, 7) is 0. The summed E-state index contributed by atoms with van der Waals surface area (Å²) in [5, 5.41) is 8.84. The van der Waals surface area contributed by atoms with Crippen LogP contribution >= 0.6 is 0 Å². The number of ketones is 2. The second-order valence-corrected chi connectivity index (χ2v) is 4.65. The fraction of sp³-hybridized carbons (Fsp3) is 0.727. The summed E-state index contributed by atoms with van der Waals surface area (Å²) >= 11 is 0. The highest BCUT2D eigenvalue weighted by molar-refractivity contribution is 6.41. The van der Waals surface area contributed by atoms with Crippen LogP contribution in [-0.4, -0.2) is 22.6 Å². The smallest absolute Gasteiger partial charge is 0.306 e. The third-order valence-electron chi connectivity index (χ3n) is 3.86. The Morgan fingerprint density at radius 1 is 1.20 bits per heavy atom. The number of Topliss-reactive ketones (excluding diaryl/α,β-unsaturated/α-hetero) is 2. The lowest BCUT2D eigenvalue weighted by atomic mass is 9.69. The van der Waals surface area contributed by atoms with Gasteiger partial charge in [0.25, 0.3) is 0 Å². The average molecular weight is 210 g/mol. The van der Waals surface area contributed by atoms with Crippen molar-refractivity contribution < 1.29 is 19.5 Å². The summed E-state index contributed by atoms with van der Waals surface area (Å²) < 4.78 is 0. The molecule has 0 atom stereocenters. The van der Waals surface area contributed by atoms with Crippen LogP contribution in [0, 0.1) is 11.3 Å². The maximum absolute atomic E-state index is 11.7. The van der Waals surface area contributed by atoms with Crippen LogP contribution in [0.2, 0.25) is 0 Å². The molecule has 15 heavy (non-hydrogen) atoms. The zero-order valence-electron chi connectivity index (χ0n) is 8.49. The quantitative estimate of drug-likeness (QED) is 0.659. The molecule has 0 aromatic carbocycles. The second kappa shape index (κ2) is 3.43. The van der Waals surface area contributed by atoms with E-state index >= 15 is 0 Å². The van der Waals surface area contributed by atoms with Gasteiger partial charge in [-0.25, -0.2) is 0 Å². The number of carbonyl (C=O) groups is 3. The van der Waals surface area contributed by atoms with E-state index in [1.807, 2.05) is 0 Å². The molecule has 1 N–H and O–H groups in total. The lowest BCUT2D eigenvalue weighted by Gasteiger charge is -2.33. The van der Waals surface area contributed by atoms with Crippen molar-refractivity contribution in [3.05, 3.63) is 0 Å². The Kier molecular flexibility index (Phi) is 2.37. The van der Waals surface area contributed by atoms with Crippen LogP contribution in [0.3, 0.4) is 0 Å². The van der Waals surface area contributed by atoms with Gasteiger partial charge < -0.3 is 5.11 Å². The van der Waals surface area contributed by atoms with Gasteiger partial charge in [0.2, 0.25) is 5.78 Å². The van der Waals surface area contributed by atoms with Gasteiger partial charge in [0.15, 0.2) is 5.78 Å². The van der Waals surface area contributed by atoms with Crippen LogP contribution in [0.1, 0.15) is 38.5 Å².